The van der Waals surface area contributed by atoms with Crippen LogP contribution < -0.4 is 5.32 Å². The van der Waals surface area contributed by atoms with Crippen molar-refractivity contribution in [3.63, 3.8) is 0 Å². The van der Waals surface area contributed by atoms with Crippen LogP contribution in [0.2, 0.25) is 0 Å². The number of aromatic nitrogens is 2. The largest absolute Gasteiger partial charge is 0.379 e. The number of nitrogens with one attached hydrogen (secondary N) is 1. The number of hydrogen-bond donors (Lipinski definition) is 1. The average molecular weight is 251 g/mol. The molecule has 2 heterocycles. The van der Waals surface area contributed by atoms with Crippen LogP contribution in [0.3, 0.4) is 0 Å². The molecule has 5 nitrogen and oxygen atoms in total. The highest BCUT2D eigenvalue weighted by atomic mass is 16.5. The summed E-state index contributed by atoms with van der Waals surface area (Å²) in [7, 11) is 0. The van der Waals surface area contributed by atoms with Gasteiger partial charge in [-0.05, 0) is 25.8 Å². The lowest BCUT2D eigenvalue weighted by Gasteiger charge is -2.15. The highest BCUT2D eigenvalue weighted by Crippen LogP contribution is 2.46. The van der Waals surface area contributed by atoms with Gasteiger partial charge in [-0.3, -0.25) is 0 Å². The van der Waals surface area contributed by atoms with Gasteiger partial charge in [-0.15, -0.1) is 0 Å². The molecule has 1 saturated carbocycles. The number of hydrogen-bond acceptors (Lipinski definition) is 5. The maximum atomic E-state index is 5.54. The highest BCUT2D eigenvalue weighted by molar-refractivity contribution is 5.15. The van der Waals surface area contributed by atoms with Crippen molar-refractivity contribution in [3.8, 4) is 0 Å². The van der Waals surface area contributed by atoms with Crippen LogP contribution in [0.5, 0.6) is 0 Å². The first-order valence-electron chi connectivity index (χ1n) is 6.88. The summed E-state index contributed by atoms with van der Waals surface area (Å²) < 4.78 is 11.0. The van der Waals surface area contributed by atoms with Crippen LogP contribution in [0, 0.1) is 0 Å². The Bertz CT molecular complexity index is 414. The molecule has 2 unspecified atom stereocenters. The Labute approximate surface area is 107 Å². The summed E-state index contributed by atoms with van der Waals surface area (Å²) in [5.41, 5.74) is 0.174. The molecule has 1 aliphatic heterocycles. The van der Waals surface area contributed by atoms with Crippen LogP contribution in [0.25, 0.3) is 0 Å². The standard InChI is InChI=1S/C13H21N3O2/c1-3-6-14-10-8-17-7-9(10)11-15-12(16-18-11)13(2)4-5-13/h9-10,14H,3-8H2,1-2H3. The van der Waals surface area contributed by atoms with Crippen molar-refractivity contribution in [2.24, 2.45) is 0 Å². The Kier molecular flexibility index (Phi) is 3.11. The second-order valence-corrected chi connectivity index (χ2v) is 5.72. The molecular formula is C13H21N3O2. The van der Waals surface area contributed by atoms with E-state index in [1.54, 1.807) is 0 Å². The summed E-state index contributed by atoms with van der Waals surface area (Å²) in [6.07, 6.45) is 3.46. The quantitative estimate of drug-likeness (QED) is 0.861. The monoisotopic (exact) mass is 251 g/mol. The van der Waals surface area contributed by atoms with E-state index in [1.165, 1.54) is 12.8 Å². The van der Waals surface area contributed by atoms with Crippen molar-refractivity contribution in [1.29, 1.82) is 0 Å². The second-order valence-electron chi connectivity index (χ2n) is 5.72. The molecule has 100 valence electrons. The summed E-state index contributed by atoms with van der Waals surface area (Å²) in [6, 6.07) is 0.310. The molecule has 0 amide bonds. The predicted octanol–water partition coefficient (Wildman–Crippen LogP) is 1.60. The molecule has 2 fully saturated rings. The molecule has 0 aromatic carbocycles. The molecule has 0 radical (unpaired) electrons. The van der Waals surface area contributed by atoms with Gasteiger partial charge in [-0.25, -0.2) is 0 Å². The van der Waals surface area contributed by atoms with Crippen molar-refractivity contribution in [1.82, 2.24) is 15.5 Å². The van der Waals surface area contributed by atoms with Crippen molar-refractivity contribution >= 4 is 0 Å². The molecular weight excluding hydrogens is 230 g/mol. The van der Waals surface area contributed by atoms with E-state index in [9.17, 15) is 0 Å². The Balaban J connectivity index is 1.71. The topological polar surface area (TPSA) is 60.2 Å². The van der Waals surface area contributed by atoms with Crippen LogP contribution in [0.15, 0.2) is 4.52 Å². The predicted molar refractivity (Wildman–Crippen MR) is 66.5 cm³/mol. The zero-order valence-corrected chi connectivity index (χ0v) is 11.1. The lowest BCUT2D eigenvalue weighted by atomic mass is 10.0. The summed E-state index contributed by atoms with van der Waals surface area (Å²) in [4.78, 5) is 4.59. The van der Waals surface area contributed by atoms with Crippen LogP contribution in [0.4, 0.5) is 0 Å². The fraction of sp³-hybridized carbons (Fsp3) is 0.846. The molecule has 1 aromatic heterocycles. The minimum atomic E-state index is 0.174. The van der Waals surface area contributed by atoms with Crippen LogP contribution >= 0.6 is 0 Å². The molecule has 5 heteroatoms. The van der Waals surface area contributed by atoms with Gasteiger partial charge < -0.3 is 14.6 Å². The molecule has 0 spiro atoms. The first kappa shape index (κ1) is 12.1. The fourth-order valence-corrected chi connectivity index (χ4v) is 2.37. The van der Waals surface area contributed by atoms with Crippen molar-refractivity contribution < 1.29 is 9.26 Å². The van der Waals surface area contributed by atoms with Crippen LogP contribution in [-0.4, -0.2) is 35.9 Å². The smallest absolute Gasteiger partial charge is 0.233 e. The van der Waals surface area contributed by atoms with E-state index in [0.717, 1.165) is 31.3 Å². The molecule has 1 aliphatic carbocycles. The average Bonchev–Trinajstić information content (AvgIpc) is 2.87. The van der Waals surface area contributed by atoms with Gasteiger partial charge in [-0.1, -0.05) is 19.0 Å². The van der Waals surface area contributed by atoms with Gasteiger partial charge in [-0.2, -0.15) is 4.98 Å². The van der Waals surface area contributed by atoms with E-state index in [2.05, 4.69) is 29.3 Å². The maximum Gasteiger partial charge on any atom is 0.233 e. The SMILES string of the molecule is CCCNC1COCC1c1nc(C2(C)CC2)no1. The first-order chi connectivity index (χ1) is 8.73. The van der Waals surface area contributed by atoms with Gasteiger partial charge in [0.15, 0.2) is 5.82 Å². The zero-order chi connectivity index (χ0) is 12.6. The van der Waals surface area contributed by atoms with E-state index in [1.807, 2.05) is 0 Å². The van der Waals surface area contributed by atoms with Crippen LogP contribution in [0.1, 0.15) is 50.7 Å². The van der Waals surface area contributed by atoms with Crippen LogP contribution in [-0.2, 0) is 10.2 Å². The first-order valence-corrected chi connectivity index (χ1v) is 6.88. The van der Waals surface area contributed by atoms with Crippen molar-refractivity contribution in [3.05, 3.63) is 11.7 Å². The van der Waals surface area contributed by atoms with E-state index in [4.69, 9.17) is 9.26 Å². The van der Waals surface area contributed by atoms with Gasteiger partial charge in [0.2, 0.25) is 5.89 Å². The van der Waals surface area contributed by atoms with E-state index >= 15 is 0 Å². The fourth-order valence-electron chi connectivity index (χ4n) is 2.37. The minimum absolute atomic E-state index is 0.174. The summed E-state index contributed by atoms with van der Waals surface area (Å²) in [6.45, 7) is 6.78. The number of ether oxygens (including phenoxy) is 1. The van der Waals surface area contributed by atoms with Crippen molar-refractivity contribution in [2.45, 2.75) is 50.5 Å². The van der Waals surface area contributed by atoms with Gasteiger partial charge in [0.25, 0.3) is 0 Å². The summed E-state index contributed by atoms with van der Waals surface area (Å²) >= 11 is 0. The number of rotatable bonds is 5. The molecule has 18 heavy (non-hydrogen) atoms. The molecule has 2 aliphatic rings. The summed E-state index contributed by atoms with van der Waals surface area (Å²) in [5, 5.41) is 7.63. The van der Waals surface area contributed by atoms with Gasteiger partial charge in [0, 0.05) is 11.5 Å². The van der Waals surface area contributed by atoms with Gasteiger partial charge >= 0.3 is 0 Å². The third-order valence-corrected chi connectivity index (χ3v) is 4.04. The maximum absolute atomic E-state index is 5.54. The molecule has 1 aromatic rings. The summed E-state index contributed by atoms with van der Waals surface area (Å²) in [5.74, 6) is 1.82. The van der Waals surface area contributed by atoms with E-state index in [-0.39, 0.29) is 11.3 Å². The van der Waals surface area contributed by atoms with E-state index < -0.39 is 0 Å². The second kappa shape index (κ2) is 4.63. The molecule has 3 rings (SSSR count). The normalized spacial score (nSPS) is 29.7. The highest BCUT2D eigenvalue weighted by Gasteiger charge is 2.44. The molecule has 0 bridgehead atoms. The Hall–Kier alpha value is -0.940. The lowest BCUT2D eigenvalue weighted by Crippen LogP contribution is -2.35. The Morgan fingerprint density at radius 2 is 2.22 bits per heavy atom. The van der Waals surface area contributed by atoms with E-state index in [0.29, 0.717) is 12.6 Å². The van der Waals surface area contributed by atoms with Gasteiger partial charge in [0.05, 0.1) is 19.1 Å². The van der Waals surface area contributed by atoms with Gasteiger partial charge in [0.1, 0.15) is 0 Å². The minimum Gasteiger partial charge on any atom is -0.379 e. The number of nitrogens with zero attached hydrogens (tertiary/aromatic N) is 2. The molecule has 1 N–H and O–H groups in total. The zero-order valence-electron chi connectivity index (χ0n) is 11.1. The Morgan fingerprint density at radius 1 is 1.39 bits per heavy atom. The third-order valence-electron chi connectivity index (χ3n) is 4.04. The molecule has 2 atom stereocenters. The Morgan fingerprint density at radius 3 is 2.94 bits per heavy atom. The third kappa shape index (κ3) is 2.17. The van der Waals surface area contributed by atoms with Crippen molar-refractivity contribution in [2.75, 3.05) is 19.8 Å². The lowest BCUT2D eigenvalue weighted by molar-refractivity contribution is 0.184. The molecule has 1 saturated heterocycles.